The highest BCUT2D eigenvalue weighted by Crippen LogP contribution is 2.18. The van der Waals surface area contributed by atoms with E-state index >= 15 is 0 Å². The number of ether oxygens (including phenoxy) is 1. The zero-order valence-corrected chi connectivity index (χ0v) is 10.3. The summed E-state index contributed by atoms with van der Waals surface area (Å²) in [6.45, 7) is 6.66. The molecule has 0 aliphatic carbocycles. The molecule has 0 heterocycles. The highest BCUT2D eigenvalue weighted by molar-refractivity contribution is 5.31. The van der Waals surface area contributed by atoms with Crippen LogP contribution in [0, 0.1) is 0 Å². The summed E-state index contributed by atoms with van der Waals surface area (Å²) in [5.41, 5.74) is 0.965. The second kappa shape index (κ2) is 6.51. The molecule has 0 amide bonds. The van der Waals surface area contributed by atoms with Crippen molar-refractivity contribution in [3.8, 4) is 5.75 Å². The predicted molar refractivity (Wildman–Crippen MR) is 65.5 cm³/mol. The van der Waals surface area contributed by atoms with Gasteiger partial charge in [-0.25, -0.2) is 0 Å². The van der Waals surface area contributed by atoms with Gasteiger partial charge < -0.3 is 9.84 Å². The van der Waals surface area contributed by atoms with E-state index in [1.807, 2.05) is 18.2 Å². The van der Waals surface area contributed by atoms with Crippen molar-refractivity contribution < 1.29 is 9.84 Å². The van der Waals surface area contributed by atoms with Crippen molar-refractivity contribution in [3.05, 3.63) is 29.8 Å². The molecular formula is C13H21NO2. The Morgan fingerprint density at radius 2 is 2.06 bits per heavy atom. The largest absolute Gasteiger partial charge is 0.508 e. The quantitative estimate of drug-likeness (QED) is 0.803. The van der Waals surface area contributed by atoms with E-state index in [1.165, 1.54) is 0 Å². The monoisotopic (exact) mass is 223 g/mol. The number of hydrogen-bond acceptors (Lipinski definition) is 3. The molecule has 0 aliphatic heterocycles. The molecule has 0 saturated heterocycles. The Kier molecular flexibility index (Phi) is 5.29. The molecule has 0 aliphatic rings. The summed E-state index contributed by atoms with van der Waals surface area (Å²) in [6, 6.07) is 7.83. The summed E-state index contributed by atoms with van der Waals surface area (Å²) in [4.78, 5) is 2.28. The molecule has 0 bridgehead atoms. The van der Waals surface area contributed by atoms with Crippen LogP contribution in [-0.2, 0) is 11.3 Å². The molecular weight excluding hydrogens is 202 g/mol. The third-order valence-electron chi connectivity index (χ3n) is 2.80. The molecule has 3 nitrogen and oxygen atoms in total. The Bertz CT molecular complexity index is 315. The lowest BCUT2D eigenvalue weighted by Crippen LogP contribution is -2.35. The lowest BCUT2D eigenvalue weighted by molar-refractivity contribution is 0.0977. The van der Waals surface area contributed by atoms with Gasteiger partial charge in [0.05, 0.1) is 6.61 Å². The summed E-state index contributed by atoms with van der Waals surface area (Å²) in [5.74, 6) is 0.366. The second-order valence-corrected chi connectivity index (χ2v) is 4.00. The van der Waals surface area contributed by atoms with Crippen LogP contribution in [0.4, 0.5) is 0 Å². The Balaban J connectivity index is 2.66. The lowest BCUT2D eigenvalue weighted by Gasteiger charge is -2.27. The van der Waals surface area contributed by atoms with E-state index in [4.69, 9.17) is 4.74 Å². The van der Waals surface area contributed by atoms with E-state index in [1.54, 1.807) is 13.2 Å². The minimum absolute atomic E-state index is 0.356. The second-order valence-electron chi connectivity index (χ2n) is 4.00. The van der Waals surface area contributed by atoms with E-state index in [9.17, 15) is 5.11 Å². The molecule has 1 aromatic carbocycles. The minimum Gasteiger partial charge on any atom is -0.508 e. The van der Waals surface area contributed by atoms with Crippen LogP contribution in [0.25, 0.3) is 0 Å². The number of methoxy groups -OCH3 is 1. The maximum atomic E-state index is 9.71. The number of nitrogens with zero attached hydrogens (tertiary/aromatic N) is 1. The van der Waals surface area contributed by atoms with Crippen molar-refractivity contribution in [3.63, 3.8) is 0 Å². The van der Waals surface area contributed by atoms with Crippen LogP contribution in [0.5, 0.6) is 5.75 Å². The van der Waals surface area contributed by atoms with E-state index in [0.29, 0.717) is 18.4 Å². The summed E-state index contributed by atoms with van der Waals surface area (Å²) in [6.07, 6.45) is 0. The molecule has 0 radical (unpaired) electrons. The van der Waals surface area contributed by atoms with Crippen molar-refractivity contribution in [2.24, 2.45) is 0 Å². The van der Waals surface area contributed by atoms with Gasteiger partial charge in [0.2, 0.25) is 0 Å². The molecule has 1 rings (SSSR count). The van der Waals surface area contributed by atoms with Gasteiger partial charge >= 0.3 is 0 Å². The smallest absolute Gasteiger partial charge is 0.120 e. The van der Waals surface area contributed by atoms with Crippen LogP contribution in [0.3, 0.4) is 0 Å². The first kappa shape index (κ1) is 13.0. The highest BCUT2D eigenvalue weighted by atomic mass is 16.5. The molecule has 1 aromatic rings. The standard InChI is InChI=1S/C13H21NO2/c1-4-14(11(2)10-16-3)9-12-7-5-6-8-13(12)15/h5-8,11,15H,4,9-10H2,1-3H3. The number of benzene rings is 1. The molecule has 0 fully saturated rings. The first-order chi connectivity index (χ1) is 7.69. The molecule has 1 atom stereocenters. The van der Waals surface area contributed by atoms with Crippen molar-refractivity contribution in [1.82, 2.24) is 4.90 Å². The summed E-state index contributed by atoms with van der Waals surface area (Å²) < 4.78 is 5.15. The van der Waals surface area contributed by atoms with Gasteiger partial charge in [0, 0.05) is 25.3 Å². The van der Waals surface area contributed by atoms with Gasteiger partial charge in [-0.15, -0.1) is 0 Å². The summed E-state index contributed by atoms with van der Waals surface area (Å²) in [7, 11) is 1.71. The van der Waals surface area contributed by atoms with Crippen LogP contribution in [0.15, 0.2) is 24.3 Å². The van der Waals surface area contributed by atoms with E-state index in [-0.39, 0.29) is 0 Å². The number of aromatic hydroxyl groups is 1. The third kappa shape index (κ3) is 3.51. The van der Waals surface area contributed by atoms with Crippen LogP contribution in [-0.4, -0.2) is 36.3 Å². The number of hydrogen-bond donors (Lipinski definition) is 1. The van der Waals surface area contributed by atoms with Gasteiger partial charge in [0.1, 0.15) is 5.75 Å². The Morgan fingerprint density at radius 1 is 1.38 bits per heavy atom. The third-order valence-corrected chi connectivity index (χ3v) is 2.80. The maximum Gasteiger partial charge on any atom is 0.120 e. The molecule has 3 heteroatoms. The van der Waals surface area contributed by atoms with Crippen LogP contribution in [0.1, 0.15) is 19.4 Å². The van der Waals surface area contributed by atoms with Gasteiger partial charge in [-0.1, -0.05) is 25.1 Å². The van der Waals surface area contributed by atoms with Crippen molar-refractivity contribution in [2.45, 2.75) is 26.4 Å². The fraction of sp³-hybridized carbons (Fsp3) is 0.538. The van der Waals surface area contributed by atoms with Crippen molar-refractivity contribution in [1.29, 1.82) is 0 Å². The predicted octanol–water partition coefficient (Wildman–Crippen LogP) is 2.25. The average Bonchev–Trinajstić information content (AvgIpc) is 2.28. The first-order valence-electron chi connectivity index (χ1n) is 5.68. The zero-order valence-electron chi connectivity index (χ0n) is 10.3. The SMILES string of the molecule is CCN(Cc1ccccc1O)C(C)COC. The van der Waals surface area contributed by atoms with Crippen LogP contribution >= 0.6 is 0 Å². The number of phenolic OH excluding ortho intramolecular Hbond substituents is 1. The van der Waals surface area contributed by atoms with Gasteiger partial charge in [-0.2, -0.15) is 0 Å². The van der Waals surface area contributed by atoms with Crippen molar-refractivity contribution >= 4 is 0 Å². The van der Waals surface area contributed by atoms with E-state index in [0.717, 1.165) is 18.7 Å². The van der Waals surface area contributed by atoms with Gasteiger partial charge in [-0.05, 0) is 19.5 Å². The molecule has 1 unspecified atom stereocenters. The number of para-hydroxylation sites is 1. The average molecular weight is 223 g/mol. The molecule has 0 saturated carbocycles. The summed E-state index contributed by atoms with van der Waals surface area (Å²) in [5, 5.41) is 9.71. The summed E-state index contributed by atoms with van der Waals surface area (Å²) >= 11 is 0. The topological polar surface area (TPSA) is 32.7 Å². The number of rotatable bonds is 6. The van der Waals surface area contributed by atoms with Crippen LogP contribution in [0.2, 0.25) is 0 Å². The lowest BCUT2D eigenvalue weighted by atomic mass is 10.1. The van der Waals surface area contributed by atoms with E-state index < -0.39 is 0 Å². The normalized spacial score (nSPS) is 13.0. The molecule has 0 spiro atoms. The van der Waals surface area contributed by atoms with Gasteiger partial charge in [0.25, 0.3) is 0 Å². The van der Waals surface area contributed by atoms with Crippen molar-refractivity contribution in [2.75, 3.05) is 20.3 Å². The van der Waals surface area contributed by atoms with Crippen LogP contribution < -0.4 is 0 Å². The Hall–Kier alpha value is -1.06. The molecule has 90 valence electrons. The molecule has 1 N–H and O–H groups in total. The van der Waals surface area contributed by atoms with E-state index in [2.05, 4.69) is 18.7 Å². The first-order valence-corrected chi connectivity index (χ1v) is 5.68. The maximum absolute atomic E-state index is 9.71. The molecule has 16 heavy (non-hydrogen) atoms. The molecule has 0 aromatic heterocycles. The highest BCUT2D eigenvalue weighted by Gasteiger charge is 2.13. The van der Waals surface area contributed by atoms with Gasteiger partial charge in [-0.3, -0.25) is 4.90 Å². The fourth-order valence-corrected chi connectivity index (χ4v) is 1.79. The Labute approximate surface area is 97.7 Å². The number of phenols is 1. The minimum atomic E-state index is 0.356. The fourth-order valence-electron chi connectivity index (χ4n) is 1.79. The van der Waals surface area contributed by atoms with Gasteiger partial charge in [0.15, 0.2) is 0 Å². The zero-order chi connectivity index (χ0) is 12.0. The Morgan fingerprint density at radius 3 is 2.62 bits per heavy atom. The number of likely N-dealkylation sites (N-methyl/N-ethyl adjacent to an activating group) is 1.